The van der Waals surface area contributed by atoms with E-state index >= 15 is 0 Å². The molecule has 0 N–H and O–H groups in total. The van der Waals surface area contributed by atoms with Crippen LogP contribution in [0.4, 0.5) is 0 Å². The SMILES string of the molecule is O=C([C@H]1CC(=O)N(C2CCOCC2)C1)N1CCC(Oc2ncccn2)CC1. The molecule has 0 aromatic carbocycles. The van der Waals surface area contributed by atoms with E-state index < -0.39 is 0 Å². The zero-order valence-corrected chi connectivity index (χ0v) is 15.5. The van der Waals surface area contributed by atoms with Gasteiger partial charge in [0.1, 0.15) is 6.10 Å². The molecule has 2 amide bonds. The van der Waals surface area contributed by atoms with E-state index in [0.717, 1.165) is 25.7 Å². The summed E-state index contributed by atoms with van der Waals surface area (Å²) in [4.78, 5) is 37.3. The van der Waals surface area contributed by atoms with Crippen molar-refractivity contribution in [2.75, 3.05) is 32.8 Å². The number of ether oxygens (including phenoxy) is 2. The van der Waals surface area contributed by atoms with Gasteiger partial charge in [-0.3, -0.25) is 9.59 Å². The van der Waals surface area contributed by atoms with Crippen molar-refractivity contribution in [3.8, 4) is 6.01 Å². The molecule has 0 radical (unpaired) electrons. The second kappa shape index (κ2) is 8.21. The standard InChI is InChI=1S/C19H26N4O4/c24-17-12-14(13-23(17)15-4-10-26-11-5-15)18(25)22-8-2-16(3-9-22)27-19-20-6-1-7-21-19/h1,6-7,14-16H,2-5,8-13H2/t14-/m0/s1. The normalized spacial score (nSPS) is 25.0. The van der Waals surface area contributed by atoms with E-state index in [4.69, 9.17) is 9.47 Å². The Morgan fingerprint density at radius 1 is 1.11 bits per heavy atom. The van der Waals surface area contributed by atoms with Gasteiger partial charge in [0.15, 0.2) is 0 Å². The second-order valence-electron chi connectivity index (χ2n) is 7.46. The Labute approximate surface area is 158 Å². The largest absolute Gasteiger partial charge is 0.460 e. The van der Waals surface area contributed by atoms with Crippen LogP contribution in [-0.4, -0.2) is 76.6 Å². The molecule has 0 bridgehead atoms. The van der Waals surface area contributed by atoms with Crippen LogP contribution in [0.1, 0.15) is 32.1 Å². The maximum absolute atomic E-state index is 12.9. The van der Waals surface area contributed by atoms with Crippen LogP contribution in [0.5, 0.6) is 6.01 Å². The topological polar surface area (TPSA) is 84.9 Å². The summed E-state index contributed by atoms with van der Waals surface area (Å²) < 4.78 is 11.2. The summed E-state index contributed by atoms with van der Waals surface area (Å²) in [5.74, 6) is 0.00212. The van der Waals surface area contributed by atoms with E-state index in [9.17, 15) is 9.59 Å². The van der Waals surface area contributed by atoms with Gasteiger partial charge in [-0.1, -0.05) is 0 Å². The lowest BCUT2D eigenvalue weighted by atomic mass is 10.0. The molecule has 3 fully saturated rings. The van der Waals surface area contributed by atoms with Crippen LogP contribution < -0.4 is 4.74 Å². The Balaban J connectivity index is 1.27. The first-order valence-electron chi connectivity index (χ1n) is 9.80. The van der Waals surface area contributed by atoms with E-state index in [-0.39, 0.29) is 29.9 Å². The molecule has 4 heterocycles. The molecular weight excluding hydrogens is 348 g/mol. The van der Waals surface area contributed by atoms with Gasteiger partial charge >= 0.3 is 6.01 Å². The fraction of sp³-hybridized carbons (Fsp3) is 0.684. The number of nitrogens with zero attached hydrogens (tertiary/aromatic N) is 4. The monoisotopic (exact) mass is 374 g/mol. The van der Waals surface area contributed by atoms with Crippen LogP contribution >= 0.6 is 0 Å². The number of likely N-dealkylation sites (tertiary alicyclic amines) is 2. The predicted octanol–water partition coefficient (Wildman–Crippen LogP) is 0.874. The molecule has 0 saturated carbocycles. The van der Waals surface area contributed by atoms with Crippen molar-refractivity contribution in [3.63, 3.8) is 0 Å². The Morgan fingerprint density at radius 2 is 1.81 bits per heavy atom. The number of carbonyl (C=O) groups is 2. The van der Waals surface area contributed by atoms with Crippen molar-refractivity contribution in [1.82, 2.24) is 19.8 Å². The molecule has 1 atom stereocenters. The molecule has 1 aromatic heterocycles. The first kappa shape index (κ1) is 18.2. The third-order valence-electron chi connectivity index (χ3n) is 5.71. The molecule has 4 rings (SSSR count). The number of carbonyl (C=O) groups excluding carboxylic acids is 2. The van der Waals surface area contributed by atoms with Crippen molar-refractivity contribution in [2.24, 2.45) is 5.92 Å². The Hall–Kier alpha value is -2.22. The van der Waals surface area contributed by atoms with E-state index in [0.29, 0.717) is 45.3 Å². The highest BCUT2D eigenvalue weighted by molar-refractivity contribution is 5.89. The molecule has 3 aliphatic heterocycles. The van der Waals surface area contributed by atoms with Crippen molar-refractivity contribution >= 4 is 11.8 Å². The van der Waals surface area contributed by atoms with Gasteiger partial charge in [0.05, 0.1) is 5.92 Å². The maximum Gasteiger partial charge on any atom is 0.316 e. The third-order valence-corrected chi connectivity index (χ3v) is 5.71. The Bertz CT molecular complexity index is 657. The lowest BCUT2D eigenvalue weighted by Gasteiger charge is -2.34. The Morgan fingerprint density at radius 3 is 2.52 bits per heavy atom. The van der Waals surface area contributed by atoms with Crippen molar-refractivity contribution in [2.45, 2.75) is 44.2 Å². The molecule has 3 saturated heterocycles. The zero-order valence-electron chi connectivity index (χ0n) is 15.5. The third kappa shape index (κ3) is 4.21. The summed E-state index contributed by atoms with van der Waals surface area (Å²) >= 11 is 0. The van der Waals surface area contributed by atoms with Crippen molar-refractivity contribution < 1.29 is 19.1 Å². The highest BCUT2D eigenvalue weighted by Crippen LogP contribution is 2.27. The van der Waals surface area contributed by atoms with Gasteiger partial charge in [-0.15, -0.1) is 0 Å². The average Bonchev–Trinajstić information content (AvgIpc) is 3.11. The van der Waals surface area contributed by atoms with Gasteiger partial charge in [0, 0.05) is 70.5 Å². The van der Waals surface area contributed by atoms with Crippen LogP contribution in [0.2, 0.25) is 0 Å². The van der Waals surface area contributed by atoms with Gasteiger partial charge in [0.25, 0.3) is 0 Å². The number of aromatic nitrogens is 2. The van der Waals surface area contributed by atoms with Crippen LogP contribution in [0.3, 0.4) is 0 Å². The summed E-state index contributed by atoms with van der Waals surface area (Å²) in [6.07, 6.45) is 6.94. The first-order valence-corrected chi connectivity index (χ1v) is 9.80. The minimum absolute atomic E-state index is 0.0281. The summed E-state index contributed by atoms with van der Waals surface area (Å²) in [6, 6.07) is 2.37. The fourth-order valence-corrected chi connectivity index (χ4v) is 4.19. The molecular formula is C19H26N4O4. The fourth-order valence-electron chi connectivity index (χ4n) is 4.19. The van der Waals surface area contributed by atoms with Crippen molar-refractivity contribution in [1.29, 1.82) is 0 Å². The minimum atomic E-state index is -0.213. The number of amides is 2. The quantitative estimate of drug-likeness (QED) is 0.778. The van der Waals surface area contributed by atoms with Gasteiger partial charge in [-0.05, 0) is 18.9 Å². The summed E-state index contributed by atoms with van der Waals surface area (Å²) in [7, 11) is 0. The molecule has 146 valence electrons. The zero-order chi connectivity index (χ0) is 18.6. The number of rotatable bonds is 4. The summed E-state index contributed by atoms with van der Waals surface area (Å²) in [5, 5.41) is 0. The first-order chi connectivity index (χ1) is 13.2. The number of hydrogen-bond donors (Lipinski definition) is 0. The number of hydrogen-bond acceptors (Lipinski definition) is 6. The van der Waals surface area contributed by atoms with Crippen molar-refractivity contribution in [3.05, 3.63) is 18.5 Å². The highest BCUT2D eigenvalue weighted by Gasteiger charge is 2.40. The van der Waals surface area contributed by atoms with E-state index in [1.807, 2.05) is 9.80 Å². The lowest BCUT2D eigenvalue weighted by molar-refractivity contribution is -0.137. The predicted molar refractivity (Wildman–Crippen MR) is 95.9 cm³/mol. The smallest absolute Gasteiger partial charge is 0.316 e. The molecule has 0 unspecified atom stereocenters. The molecule has 1 aromatic rings. The van der Waals surface area contributed by atoms with E-state index in [2.05, 4.69) is 9.97 Å². The van der Waals surface area contributed by atoms with Gasteiger partial charge < -0.3 is 19.3 Å². The molecule has 0 spiro atoms. The van der Waals surface area contributed by atoms with Crippen LogP contribution in [0.15, 0.2) is 18.5 Å². The average molecular weight is 374 g/mol. The summed E-state index contributed by atoms with van der Waals surface area (Å²) in [6.45, 7) is 3.25. The van der Waals surface area contributed by atoms with E-state index in [1.165, 1.54) is 0 Å². The molecule has 3 aliphatic rings. The molecule has 0 aliphatic carbocycles. The molecule has 8 heteroatoms. The lowest BCUT2D eigenvalue weighted by Crippen LogP contribution is -2.45. The molecule has 8 nitrogen and oxygen atoms in total. The van der Waals surface area contributed by atoms with Crippen LogP contribution in [-0.2, 0) is 14.3 Å². The second-order valence-corrected chi connectivity index (χ2v) is 7.46. The highest BCUT2D eigenvalue weighted by atomic mass is 16.5. The van der Waals surface area contributed by atoms with Gasteiger partial charge in [-0.25, -0.2) is 9.97 Å². The van der Waals surface area contributed by atoms with Crippen LogP contribution in [0, 0.1) is 5.92 Å². The minimum Gasteiger partial charge on any atom is -0.460 e. The van der Waals surface area contributed by atoms with Gasteiger partial charge in [0.2, 0.25) is 11.8 Å². The van der Waals surface area contributed by atoms with E-state index in [1.54, 1.807) is 18.5 Å². The summed E-state index contributed by atoms with van der Waals surface area (Å²) in [5.41, 5.74) is 0. The van der Waals surface area contributed by atoms with Gasteiger partial charge in [-0.2, -0.15) is 0 Å². The molecule has 27 heavy (non-hydrogen) atoms. The van der Waals surface area contributed by atoms with Crippen LogP contribution in [0.25, 0.3) is 0 Å². The Kier molecular flexibility index (Phi) is 5.52. The maximum atomic E-state index is 12.9. The number of piperidine rings is 1.